The number of carbonyl (C=O) groups is 1. The molecule has 2 unspecified atom stereocenters. The molecule has 1 aromatic rings. The minimum absolute atomic E-state index is 0.113. The van der Waals surface area contributed by atoms with Crippen LogP contribution in [0, 0.1) is 0 Å². The van der Waals surface area contributed by atoms with Crippen molar-refractivity contribution in [3.8, 4) is 0 Å². The largest absolute Gasteiger partial charge is 0.452 e. The zero-order valence-electron chi connectivity index (χ0n) is 12.1. The predicted molar refractivity (Wildman–Crippen MR) is 75.8 cm³/mol. The highest BCUT2D eigenvalue weighted by molar-refractivity contribution is 5.70. The molecule has 0 bridgehead atoms. The fraction of sp³-hybridized carbons (Fsp3) is 0.562. The van der Waals surface area contributed by atoms with Gasteiger partial charge in [0.15, 0.2) is 5.60 Å². The van der Waals surface area contributed by atoms with Gasteiger partial charge >= 0.3 is 5.97 Å². The second-order valence-electron chi connectivity index (χ2n) is 5.45. The summed E-state index contributed by atoms with van der Waals surface area (Å²) >= 11 is 0. The second kappa shape index (κ2) is 5.74. The predicted octanol–water partition coefficient (Wildman–Crippen LogP) is 2.95. The highest BCUT2D eigenvalue weighted by Crippen LogP contribution is 2.44. The van der Waals surface area contributed by atoms with Crippen molar-refractivity contribution in [2.75, 3.05) is 14.1 Å². The number of benzene rings is 1. The van der Waals surface area contributed by atoms with Gasteiger partial charge in [-0.05, 0) is 38.9 Å². The number of likely N-dealkylation sites (N-methyl/N-ethyl adjacent to an activating group) is 1. The van der Waals surface area contributed by atoms with E-state index < -0.39 is 5.60 Å². The normalized spacial score (nSPS) is 26.6. The van der Waals surface area contributed by atoms with E-state index in [2.05, 4.69) is 31.1 Å². The monoisotopic (exact) mass is 261 g/mol. The van der Waals surface area contributed by atoms with E-state index in [1.165, 1.54) is 0 Å². The van der Waals surface area contributed by atoms with E-state index in [-0.39, 0.29) is 12.0 Å². The molecule has 3 nitrogen and oxygen atoms in total. The first-order valence-corrected chi connectivity index (χ1v) is 7.04. The van der Waals surface area contributed by atoms with Gasteiger partial charge in [0.2, 0.25) is 0 Å². The van der Waals surface area contributed by atoms with Crippen molar-refractivity contribution in [3.05, 3.63) is 35.9 Å². The Hall–Kier alpha value is -1.35. The molecule has 19 heavy (non-hydrogen) atoms. The Morgan fingerprint density at radius 3 is 2.63 bits per heavy atom. The quantitative estimate of drug-likeness (QED) is 0.780. The van der Waals surface area contributed by atoms with Crippen molar-refractivity contribution in [1.29, 1.82) is 0 Å². The summed E-state index contributed by atoms with van der Waals surface area (Å²) in [5.74, 6) is -0.113. The van der Waals surface area contributed by atoms with Gasteiger partial charge in [-0.2, -0.15) is 0 Å². The standard InChI is InChI=1S/C16H23NO2/c1-4-15(18)19-16(13-9-6-5-7-10-13)12-8-11-14(16)17(2)3/h5-7,9-10,14H,4,8,11-12H2,1-3H3. The summed E-state index contributed by atoms with van der Waals surface area (Å²) in [4.78, 5) is 14.1. The third-order valence-electron chi connectivity index (χ3n) is 4.03. The van der Waals surface area contributed by atoms with Crippen LogP contribution in [-0.4, -0.2) is 31.0 Å². The molecule has 1 aliphatic carbocycles. The second-order valence-corrected chi connectivity index (χ2v) is 5.45. The van der Waals surface area contributed by atoms with Gasteiger partial charge in [0, 0.05) is 6.42 Å². The highest BCUT2D eigenvalue weighted by atomic mass is 16.6. The average Bonchev–Trinajstić information content (AvgIpc) is 2.84. The van der Waals surface area contributed by atoms with E-state index in [4.69, 9.17) is 4.74 Å². The molecule has 1 aliphatic rings. The van der Waals surface area contributed by atoms with Crippen LogP contribution in [-0.2, 0) is 15.1 Å². The van der Waals surface area contributed by atoms with E-state index in [9.17, 15) is 4.79 Å². The van der Waals surface area contributed by atoms with E-state index in [0.29, 0.717) is 6.42 Å². The molecule has 0 N–H and O–H groups in total. The zero-order chi connectivity index (χ0) is 13.9. The summed E-state index contributed by atoms with van der Waals surface area (Å²) in [6.07, 6.45) is 3.49. The molecule has 0 spiro atoms. The topological polar surface area (TPSA) is 29.5 Å². The number of hydrogen-bond donors (Lipinski definition) is 0. The lowest BCUT2D eigenvalue weighted by molar-refractivity contribution is -0.166. The SMILES string of the molecule is CCC(=O)OC1(c2ccccc2)CCCC1N(C)C. The summed E-state index contributed by atoms with van der Waals surface area (Å²) in [6, 6.07) is 10.4. The fourth-order valence-corrected chi connectivity index (χ4v) is 3.14. The molecule has 0 saturated heterocycles. The van der Waals surface area contributed by atoms with E-state index >= 15 is 0 Å². The molecule has 0 amide bonds. The van der Waals surface area contributed by atoms with E-state index in [1.807, 2.05) is 25.1 Å². The lowest BCUT2D eigenvalue weighted by Crippen LogP contribution is -2.47. The summed E-state index contributed by atoms with van der Waals surface area (Å²) in [6.45, 7) is 1.85. The van der Waals surface area contributed by atoms with Crippen molar-refractivity contribution in [2.24, 2.45) is 0 Å². The maximum absolute atomic E-state index is 11.9. The first-order chi connectivity index (χ1) is 9.10. The Balaban J connectivity index is 2.41. The Morgan fingerprint density at radius 2 is 2.05 bits per heavy atom. The molecule has 1 saturated carbocycles. The summed E-state index contributed by atoms with van der Waals surface area (Å²) in [5, 5.41) is 0. The molecule has 1 aromatic carbocycles. The summed E-state index contributed by atoms with van der Waals surface area (Å²) in [7, 11) is 4.13. The van der Waals surface area contributed by atoms with Gasteiger partial charge in [0.25, 0.3) is 0 Å². The average molecular weight is 261 g/mol. The third-order valence-corrected chi connectivity index (χ3v) is 4.03. The van der Waals surface area contributed by atoms with Crippen LogP contribution in [0.25, 0.3) is 0 Å². The number of ether oxygens (including phenoxy) is 1. The molecule has 104 valence electrons. The lowest BCUT2D eigenvalue weighted by atomic mass is 9.87. The van der Waals surface area contributed by atoms with Gasteiger partial charge in [-0.15, -0.1) is 0 Å². The van der Waals surface area contributed by atoms with Gasteiger partial charge in [-0.1, -0.05) is 37.3 Å². The molecule has 0 radical (unpaired) electrons. The molecular weight excluding hydrogens is 238 g/mol. The van der Waals surface area contributed by atoms with Crippen LogP contribution >= 0.6 is 0 Å². The van der Waals surface area contributed by atoms with Crippen LogP contribution < -0.4 is 0 Å². The summed E-state index contributed by atoms with van der Waals surface area (Å²) in [5.41, 5.74) is 0.644. The molecular formula is C16H23NO2. The Bertz CT molecular complexity index is 430. The number of nitrogens with zero attached hydrogens (tertiary/aromatic N) is 1. The third kappa shape index (κ3) is 2.66. The Morgan fingerprint density at radius 1 is 1.37 bits per heavy atom. The van der Waals surface area contributed by atoms with Gasteiger partial charge in [-0.25, -0.2) is 0 Å². The first kappa shape index (κ1) is 14.1. The number of hydrogen-bond acceptors (Lipinski definition) is 3. The van der Waals surface area contributed by atoms with Crippen molar-refractivity contribution < 1.29 is 9.53 Å². The lowest BCUT2D eigenvalue weighted by Gasteiger charge is -2.39. The van der Waals surface area contributed by atoms with Crippen molar-refractivity contribution in [1.82, 2.24) is 4.90 Å². The van der Waals surface area contributed by atoms with Crippen LogP contribution in [0.2, 0.25) is 0 Å². The molecule has 2 atom stereocenters. The van der Waals surface area contributed by atoms with Gasteiger partial charge in [0.1, 0.15) is 0 Å². The van der Waals surface area contributed by atoms with E-state index in [1.54, 1.807) is 0 Å². The van der Waals surface area contributed by atoms with Crippen LogP contribution in [0.15, 0.2) is 30.3 Å². The minimum Gasteiger partial charge on any atom is -0.452 e. The van der Waals surface area contributed by atoms with E-state index in [0.717, 1.165) is 24.8 Å². The molecule has 3 heteroatoms. The number of rotatable bonds is 4. The van der Waals surface area contributed by atoms with Crippen molar-refractivity contribution in [2.45, 2.75) is 44.2 Å². The van der Waals surface area contributed by atoms with Crippen LogP contribution in [0.3, 0.4) is 0 Å². The minimum atomic E-state index is -0.474. The highest BCUT2D eigenvalue weighted by Gasteiger charge is 2.48. The van der Waals surface area contributed by atoms with Crippen LogP contribution in [0.5, 0.6) is 0 Å². The molecule has 2 rings (SSSR count). The molecule has 0 heterocycles. The van der Waals surface area contributed by atoms with Gasteiger partial charge < -0.3 is 9.64 Å². The Kier molecular flexibility index (Phi) is 4.25. The fourth-order valence-electron chi connectivity index (χ4n) is 3.14. The maximum Gasteiger partial charge on any atom is 0.306 e. The number of carbonyl (C=O) groups excluding carboxylic acids is 1. The van der Waals surface area contributed by atoms with Gasteiger partial charge in [-0.3, -0.25) is 4.79 Å². The van der Waals surface area contributed by atoms with Crippen LogP contribution in [0.4, 0.5) is 0 Å². The van der Waals surface area contributed by atoms with Crippen molar-refractivity contribution >= 4 is 5.97 Å². The zero-order valence-corrected chi connectivity index (χ0v) is 12.1. The first-order valence-electron chi connectivity index (χ1n) is 7.04. The molecule has 0 aliphatic heterocycles. The van der Waals surface area contributed by atoms with Crippen molar-refractivity contribution in [3.63, 3.8) is 0 Å². The smallest absolute Gasteiger partial charge is 0.306 e. The van der Waals surface area contributed by atoms with Gasteiger partial charge in [0.05, 0.1) is 6.04 Å². The molecule has 1 fully saturated rings. The van der Waals surface area contributed by atoms with Crippen LogP contribution in [0.1, 0.15) is 38.2 Å². The summed E-state index contributed by atoms with van der Waals surface area (Å²) < 4.78 is 5.93. The Labute approximate surface area is 115 Å². The number of esters is 1. The maximum atomic E-state index is 11.9. The molecule has 0 aromatic heterocycles.